The first kappa shape index (κ1) is 21.1. The van der Waals surface area contributed by atoms with Crippen LogP contribution in [0.2, 0.25) is 0 Å². The van der Waals surface area contributed by atoms with E-state index in [-0.39, 0.29) is 12.3 Å². The Bertz CT molecular complexity index is 1300. The van der Waals surface area contributed by atoms with E-state index in [0.29, 0.717) is 22.0 Å². The number of aromatic nitrogens is 5. The maximum Gasteiger partial charge on any atom is 0.253 e. The summed E-state index contributed by atoms with van der Waals surface area (Å²) in [4.78, 5) is 27.8. The molecule has 1 amide bonds. The number of anilines is 1. The van der Waals surface area contributed by atoms with E-state index in [0.717, 1.165) is 41.9 Å². The van der Waals surface area contributed by atoms with E-state index in [9.17, 15) is 4.79 Å². The fourth-order valence-electron chi connectivity index (χ4n) is 4.29. The number of hydrogen-bond donors (Lipinski definition) is 1. The summed E-state index contributed by atoms with van der Waals surface area (Å²) in [7, 11) is 0. The Morgan fingerprint density at radius 3 is 2.81 bits per heavy atom. The van der Waals surface area contributed by atoms with Gasteiger partial charge in [-0.3, -0.25) is 4.79 Å². The van der Waals surface area contributed by atoms with Crippen LogP contribution in [0, 0.1) is 13.8 Å². The number of nitrogens with one attached hydrogen (secondary N) is 1. The van der Waals surface area contributed by atoms with Gasteiger partial charge in [-0.15, -0.1) is 16.4 Å². The molecule has 0 spiro atoms. The molecule has 4 aromatic rings. The van der Waals surface area contributed by atoms with Gasteiger partial charge in [-0.1, -0.05) is 42.1 Å². The van der Waals surface area contributed by atoms with Crippen LogP contribution < -0.4 is 5.32 Å². The van der Waals surface area contributed by atoms with Crippen LogP contribution in [-0.2, 0) is 24.1 Å². The summed E-state index contributed by atoms with van der Waals surface area (Å²) in [6, 6.07) is 10.7. The number of amides is 1. The van der Waals surface area contributed by atoms with Crippen molar-refractivity contribution >= 4 is 39.9 Å². The molecule has 0 aliphatic heterocycles. The van der Waals surface area contributed by atoms with Crippen LogP contribution in [0.15, 0.2) is 35.5 Å². The minimum atomic E-state index is -0.0896. The average Bonchev–Trinajstić information content (AvgIpc) is 3.39. The highest BCUT2D eigenvalue weighted by Crippen LogP contribution is 2.37. The molecule has 1 aliphatic rings. The number of fused-ring (bicyclic) bond motifs is 2. The summed E-state index contributed by atoms with van der Waals surface area (Å²) in [5, 5.41) is 8.83. The molecule has 1 N–H and O–H groups in total. The molecule has 1 aromatic carbocycles. The van der Waals surface area contributed by atoms with Gasteiger partial charge in [0.15, 0.2) is 5.13 Å². The molecule has 0 saturated carbocycles. The van der Waals surface area contributed by atoms with E-state index in [1.54, 1.807) is 15.9 Å². The van der Waals surface area contributed by atoms with Crippen molar-refractivity contribution in [2.45, 2.75) is 50.6 Å². The van der Waals surface area contributed by atoms with Crippen molar-refractivity contribution in [2.75, 3.05) is 11.6 Å². The Balaban J connectivity index is 1.31. The van der Waals surface area contributed by atoms with Gasteiger partial charge in [0.05, 0.1) is 12.1 Å². The number of thiazole rings is 1. The Morgan fingerprint density at radius 2 is 2.03 bits per heavy atom. The molecule has 1 atom stereocenters. The third kappa shape index (κ3) is 4.02. The third-order valence-electron chi connectivity index (χ3n) is 6.01. The third-order valence-corrected chi connectivity index (χ3v) is 7.58. The van der Waals surface area contributed by atoms with E-state index >= 15 is 0 Å². The highest BCUT2D eigenvalue weighted by Gasteiger charge is 2.24. The maximum absolute atomic E-state index is 12.9. The summed E-state index contributed by atoms with van der Waals surface area (Å²) in [6.07, 6.45) is 5.18. The topological polar surface area (TPSA) is 85.1 Å². The summed E-state index contributed by atoms with van der Waals surface area (Å²) < 4.78 is 1.72. The van der Waals surface area contributed by atoms with Gasteiger partial charge in [-0.05, 0) is 50.8 Å². The molecule has 9 heteroatoms. The van der Waals surface area contributed by atoms with Crippen LogP contribution in [0.5, 0.6) is 0 Å². The molecule has 7 nitrogen and oxygen atoms in total. The molecule has 5 rings (SSSR count). The number of thioether (sulfide) groups is 1. The number of nitrogens with zero attached hydrogens (tertiary/aromatic N) is 5. The Hall–Kier alpha value is -2.78. The minimum Gasteiger partial charge on any atom is -0.302 e. The molecule has 1 aliphatic carbocycles. The largest absolute Gasteiger partial charge is 0.302 e. The Morgan fingerprint density at radius 1 is 1.22 bits per heavy atom. The molecule has 164 valence electrons. The zero-order chi connectivity index (χ0) is 22.2. The van der Waals surface area contributed by atoms with Crippen LogP contribution in [0.3, 0.4) is 0 Å². The lowest BCUT2D eigenvalue weighted by Crippen LogP contribution is -2.17. The van der Waals surface area contributed by atoms with Gasteiger partial charge in [-0.2, -0.15) is 4.98 Å². The molecule has 0 radical (unpaired) electrons. The van der Waals surface area contributed by atoms with E-state index in [4.69, 9.17) is 4.98 Å². The van der Waals surface area contributed by atoms with Gasteiger partial charge in [0.25, 0.3) is 5.78 Å². The van der Waals surface area contributed by atoms with Crippen molar-refractivity contribution < 1.29 is 4.79 Å². The quantitative estimate of drug-likeness (QED) is 0.442. The highest BCUT2D eigenvalue weighted by atomic mass is 32.2. The lowest BCUT2D eigenvalue weighted by atomic mass is 9.85. The fraction of sp³-hybridized carbons (Fsp3) is 0.348. The monoisotopic (exact) mass is 464 g/mol. The zero-order valence-electron chi connectivity index (χ0n) is 18.3. The fourth-order valence-corrected chi connectivity index (χ4v) is 5.73. The number of benzene rings is 1. The van der Waals surface area contributed by atoms with Crippen LogP contribution in [-0.4, -0.2) is 36.7 Å². The summed E-state index contributed by atoms with van der Waals surface area (Å²) in [6.45, 7) is 3.86. The van der Waals surface area contributed by atoms with Gasteiger partial charge >= 0.3 is 0 Å². The Labute approximate surface area is 194 Å². The highest BCUT2D eigenvalue weighted by molar-refractivity contribution is 7.98. The molecule has 0 fully saturated rings. The number of carbonyl (C=O) groups excluding carboxylic acids is 1. The maximum atomic E-state index is 12.9. The van der Waals surface area contributed by atoms with E-state index in [1.165, 1.54) is 22.2 Å². The van der Waals surface area contributed by atoms with Gasteiger partial charge in [-0.25, -0.2) is 14.5 Å². The first-order chi connectivity index (χ1) is 15.5. The predicted molar refractivity (Wildman–Crippen MR) is 128 cm³/mol. The lowest BCUT2D eigenvalue weighted by molar-refractivity contribution is -0.115. The van der Waals surface area contributed by atoms with Crippen LogP contribution >= 0.6 is 23.1 Å². The number of hydrogen-bond acceptors (Lipinski definition) is 7. The minimum absolute atomic E-state index is 0.0896. The first-order valence-electron chi connectivity index (χ1n) is 10.6. The average molecular weight is 465 g/mol. The molecule has 3 heterocycles. The van der Waals surface area contributed by atoms with Gasteiger partial charge in [0.2, 0.25) is 11.1 Å². The molecule has 3 aromatic heterocycles. The SMILES string of the molecule is CSc1nc2nc(C)c(CC(=O)Nc3nc4c(s3)CC(c3ccccc3)CC4)c(C)n2n1. The standard InChI is InChI=1S/C23H24N6OS2/c1-13-17(14(2)29-21(24-13)27-23(28-29)31-3)12-20(30)26-22-25-18-10-9-16(11-19(18)32-22)15-7-5-4-6-8-15/h4-8,16H,9-12H2,1-3H3,(H,25,26,30). The predicted octanol–water partition coefficient (Wildman–Crippen LogP) is 4.37. The lowest BCUT2D eigenvalue weighted by Gasteiger charge is -2.21. The van der Waals surface area contributed by atoms with E-state index in [1.807, 2.05) is 20.1 Å². The Kier molecular flexibility index (Phi) is 5.69. The molecular weight excluding hydrogens is 440 g/mol. The zero-order valence-corrected chi connectivity index (χ0v) is 19.9. The van der Waals surface area contributed by atoms with Gasteiger partial charge < -0.3 is 5.32 Å². The molecule has 32 heavy (non-hydrogen) atoms. The summed E-state index contributed by atoms with van der Waals surface area (Å²) >= 11 is 3.07. The molecular formula is C23H24N6OS2. The van der Waals surface area contributed by atoms with Crippen molar-refractivity contribution in [2.24, 2.45) is 0 Å². The summed E-state index contributed by atoms with van der Waals surface area (Å²) in [5.74, 6) is 0.993. The number of carbonyl (C=O) groups is 1. The normalized spacial score (nSPS) is 15.7. The molecule has 0 bridgehead atoms. The van der Waals surface area contributed by atoms with Crippen molar-refractivity contribution in [1.29, 1.82) is 0 Å². The second kappa shape index (κ2) is 8.63. The second-order valence-electron chi connectivity index (χ2n) is 8.04. The van der Waals surface area contributed by atoms with E-state index < -0.39 is 0 Å². The van der Waals surface area contributed by atoms with Crippen molar-refractivity contribution in [3.63, 3.8) is 0 Å². The first-order valence-corrected chi connectivity index (χ1v) is 12.7. The molecule has 0 saturated heterocycles. The van der Waals surface area contributed by atoms with Crippen molar-refractivity contribution in [3.8, 4) is 0 Å². The number of aryl methyl sites for hydroxylation is 3. The van der Waals surface area contributed by atoms with Crippen LogP contribution in [0.25, 0.3) is 5.78 Å². The molecule has 1 unspecified atom stereocenters. The van der Waals surface area contributed by atoms with Gasteiger partial charge in [0, 0.05) is 21.8 Å². The van der Waals surface area contributed by atoms with Crippen molar-refractivity contribution in [1.82, 2.24) is 24.6 Å². The van der Waals surface area contributed by atoms with Crippen LogP contribution in [0.4, 0.5) is 5.13 Å². The smallest absolute Gasteiger partial charge is 0.253 e. The number of rotatable bonds is 5. The second-order valence-corrected chi connectivity index (χ2v) is 9.89. The van der Waals surface area contributed by atoms with Gasteiger partial charge in [0.1, 0.15) is 0 Å². The van der Waals surface area contributed by atoms with Crippen LogP contribution in [0.1, 0.15) is 45.4 Å². The summed E-state index contributed by atoms with van der Waals surface area (Å²) in [5.41, 5.74) is 5.07. The van der Waals surface area contributed by atoms with E-state index in [2.05, 4.69) is 50.7 Å². The van der Waals surface area contributed by atoms with Crippen molar-refractivity contribution in [3.05, 3.63) is 63.4 Å².